The molecule has 12 heteroatoms. The van der Waals surface area contributed by atoms with Crippen LogP contribution < -0.4 is 16.1 Å². The number of esters is 1. The van der Waals surface area contributed by atoms with Crippen LogP contribution in [0.2, 0.25) is 0 Å². The predicted molar refractivity (Wildman–Crippen MR) is 147 cm³/mol. The lowest BCUT2D eigenvalue weighted by atomic mass is 9.92. The van der Waals surface area contributed by atoms with E-state index in [1.54, 1.807) is 26.0 Å². The average Bonchev–Trinajstić information content (AvgIpc) is 2.94. The van der Waals surface area contributed by atoms with Crippen molar-refractivity contribution in [1.82, 2.24) is 26.1 Å². The van der Waals surface area contributed by atoms with Crippen LogP contribution in [-0.4, -0.2) is 64.8 Å². The highest BCUT2D eigenvalue weighted by Gasteiger charge is 2.36. The molecule has 220 valence electrons. The van der Waals surface area contributed by atoms with Gasteiger partial charge in [-0.25, -0.2) is 14.2 Å². The summed E-state index contributed by atoms with van der Waals surface area (Å²) < 4.78 is 32.0. The lowest BCUT2D eigenvalue weighted by Crippen LogP contribution is -2.61. The Labute approximate surface area is 236 Å². The van der Waals surface area contributed by atoms with Crippen molar-refractivity contribution in [1.29, 1.82) is 0 Å². The number of rotatable bonds is 2. The van der Waals surface area contributed by atoms with Crippen LogP contribution in [0.25, 0.3) is 17.0 Å². The maximum absolute atomic E-state index is 13.3. The van der Waals surface area contributed by atoms with Crippen molar-refractivity contribution in [2.75, 3.05) is 6.54 Å². The Morgan fingerprint density at radius 3 is 2.49 bits per heavy atom. The largest absolute Gasteiger partial charge is 0.451 e. The number of carbonyl (C=O) groups is 4. The molecule has 2 aliphatic heterocycles. The van der Waals surface area contributed by atoms with Gasteiger partial charge in [-0.15, -0.1) is 0 Å². The second-order valence-electron chi connectivity index (χ2n) is 11.0. The standard InChI is InChI=1S/C29H35F2N5O5/c1-16-20-10-9-19-8-7-18(14-22(19)34-20)11-12-29(3,4)28(40)41-23(15-24(30)31)26(38)33-17(2)27(39)36-13-5-6-21(35-36)25(37)32-16/h7-12,14,16-17,21,23-24,35H,5-6,13,15H2,1-4H3,(H,32,37)(H,33,38)/b12-11+/t16-,17+,21+,23+/m1/s1. The number of aromatic nitrogens is 1. The summed E-state index contributed by atoms with van der Waals surface area (Å²) in [5, 5.41) is 7.45. The lowest BCUT2D eigenvalue weighted by Gasteiger charge is -2.35. The molecular formula is C29H35F2N5O5. The fraction of sp³-hybridized carbons (Fsp3) is 0.483. The van der Waals surface area contributed by atoms with Crippen molar-refractivity contribution in [2.24, 2.45) is 5.41 Å². The van der Waals surface area contributed by atoms with Gasteiger partial charge in [0.05, 0.1) is 29.1 Å². The van der Waals surface area contributed by atoms with E-state index in [9.17, 15) is 28.0 Å². The second-order valence-corrected chi connectivity index (χ2v) is 11.0. The van der Waals surface area contributed by atoms with Crippen molar-refractivity contribution in [3.05, 3.63) is 47.7 Å². The van der Waals surface area contributed by atoms with Gasteiger partial charge in [0.25, 0.3) is 11.8 Å². The number of cyclic esters (lactones) is 1. The number of ether oxygens (including phenoxy) is 1. The Balaban J connectivity index is 1.70. The van der Waals surface area contributed by atoms with Crippen LogP contribution in [0, 0.1) is 5.41 Å². The van der Waals surface area contributed by atoms with Gasteiger partial charge in [0.2, 0.25) is 12.3 Å². The maximum atomic E-state index is 13.3. The first-order chi connectivity index (χ1) is 19.3. The number of hydrogen-bond acceptors (Lipinski definition) is 7. The first-order valence-electron chi connectivity index (χ1n) is 13.6. The van der Waals surface area contributed by atoms with Gasteiger partial charge in [0, 0.05) is 11.9 Å². The molecule has 2 aromatic rings. The number of amides is 3. The van der Waals surface area contributed by atoms with Gasteiger partial charge < -0.3 is 15.4 Å². The Kier molecular flexibility index (Phi) is 9.01. The number of nitrogens with one attached hydrogen (secondary N) is 3. The summed E-state index contributed by atoms with van der Waals surface area (Å²) in [5.74, 6) is -2.77. The zero-order valence-electron chi connectivity index (χ0n) is 23.4. The molecule has 3 heterocycles. The molecule has 5 bridgehead atoms. The van der Waals surface area contributed by atoms with E-state index in [1.165, 1.54) is 11.9 Å². The average molecular weight is 572 g/mol. The molecule has 1 aromatic carbocycles. The summed E-state index contributed by atoms with van der Waals surface area (Å²) in [5.41, 5.74) is 3.69. The van der Waals surface area contributed by atoms with Gasteiger partial charge >= 0.3 is 5.97 Å². The molecule has 0 aliphatic carbocycles. The lowest BCUT2D eigenvalue weighted by molar-refractivity contribution is -0.164. The highest BCUT2D eigenvalue weighted by Crippen LogP contribution is 2.25. The van der Waals surface area contributed by atoms with Crippen LogP contribution in [0.4, 0.5) is 8.78 Å². The highest BCUT2D eigenvalue weighted by atomic mass is 19.3. The highest BCUT2D eigenvalue weighted by molar-refractivity contribution is 5.91. The third kappa shape index (κ3) is 7.24. The molecule has 2 aliphatic rings. The summed E-state index contributed by atoms with van der Waals surface area (Å²) in [4.78, 5) is 56.8. The third-order valence-corrected chi connectivity index (χ3v) is 7.19. The third-order valence-electron chi connectivity index (χ3n) is 7.19. The fourth-order valence-corrected chi connectivity index (χ4v) is 4.64. The Morgan fingerprint density at radius 1 is 1.05 bits per heavy atom. The number of alkyl halides is 2. The summed E-state index contributed by atoms with van der Waals surface area (Å²) in [6, 6.07) is 7.00. The van der Waals surface area contributed by atoms with Crippen LogP contribution in [-0.2, 0) is 23.9 Å². The number of nitrogens with zero attached hydrogens (tertiary/aromatic N) is 2. The van der Waals surface area contributed by atoms with E-state index in [-0.39, 0.29) is 12.5 Å². The maximum Gasteiger partial charge on any atom is 0.316 e. The molecule has 3 N–H and O–H groups in total. The Bertz CT molecular complexity index is 1360. The smallest absolute Gasteiger partial charge is 0.316 e. The van der Waals surface area contributed by atoms with Crippen LogP contribution >= 0.6 is 0 Å². The predicted octanol–water partition coefficient (Wildman–Crippen LogP) is 3.03. The normalized spacial score (nSPS) is 26.9. The topological polar surface area (TPSA) is 130 Å². The Hall–Kier alpha value is -3.93. The molecule has 1 fully saturated rings. The molecule has 41 heavy (non-hydrogen) atoms. The van der Waals surface area contributed by atoms with Gasteiger partial charge in [0.15, 0.2) is 6.10 Å². The van der Waals surface area contributed by atoms with Gasteiger partial charge in [-0.05, 0) is 58.2 Å². The van der Waals surface area contributed by atoms with Crippen LogP contribution in [0.5, 0.6) is 0 Å². The minimum atomic E-state index is -2.93. The van der Waals surface area contributed by atoms with E-state index in [0.717, 1.165) is 10.9 Å². The van der Waals surface area contributed by atoms with Crippen LogP contribution in [0.1, 0.15) is 64.3 Å². The zero-order valence-corrected chi connectivity index (χ0v) is 23.4. The van der Waals surface area contributed by atoms with Crippen molar-refractivity contribution in [2.45, 2.75) is 77.6 Å². The number of hydrogen-bond donors (Lipinski definition) is 3. The van der Waals surface area contributed by atoms with E-state index in [0.29, 0.717) is 24.1 Å². The number of pyridine rings is 1. The molecule has 4 atom stereocenters. The first-order valence-corrected chi connectivity index (χ1v) is 13.6. The van der Waals surface area contributed by atoms with E-state index < -0.39 is 60.3 Å². The fourth-order valence-electron chi connectivity index (χ4n) is 4.64. The minimum Gasteiger partial charge on any atom is -0.451 e. The first kappa shape index (κ1) is 30.0. The van der Waals surface area contributed by atoms with Gasteiger partial charge in [-0.3, -0.25) is 29.2 Å². The zero-order chi connectivity index (χ0) is 29.9. The number of benzene rings is 1. The molecule has 1 saturated heterocycles. The molecule has 10 nitrogen and oxygen atoms in total. The SMILES string of the molecule is C[C@@H]1NC(=O)[C@H](CC(F)F)OC(=O)C(C)(C)/C=C/c2ccc3ccc(nc3c2)[C@@H](C)NC(=O)[C@@H]2CCCN(N2)C1=O. The molecule has 0 unspecified atom stereocenters. The molecule has 4 rings (SSSR count). The van der Waals surface area contributed by atoms with E-state index in [1.807, 2.05) is 37.3 Å². The van der Waals surface area contributed by atoms with E-state index in [2.05, 4.69) is 16.1 Å². The molecule has 1 aromatic heterocycles. The second kappa shape index (κ2) is 12.3. The molecule has 0 radical (unpaired) electrons. The van der Waals surface area contributed by atoms with Crippen molar-refractivity contribution < 1.29 is 32.7 Å². The van der Waals surface area contributed by atoms with Crippen LogP contribution in [0.3, 0.4) is 0 Å². The summed E-state index contributed by atoms with van der Waals surface area (Å²) in [7, 11) is 0. The molecule has 0 saturated carbocycles. The minimum absolute atomic E-state index is 0.281. The van der Waals surface area contributed by atoms with Gasteiger partial charge in [-0.2, -0.15) is 0 Å². The molecular weight excluding hydrogens is 536 g/mol. The van der Waals surface area contributed by atoms with E-state index >= 15 is 0 Å². The number of halogens is 2. The van der Waals surface area contributed by atoms with Gasteiger partial charge in [0.1, 0.15) is 12.1 Å². The summed E-state index contributed by atoms with van der Waals surface area (Å²) >= 11 is 0. The quantitative estimate of drug-likeness (QED) is 0.473. The number of hydrazine groups is 1. The monoisotopic (exact) mass is 571 g/mol. The van der Waals surface area contributed by atoms with Crippen molar-refractivity contribution >= 4 is 40.7 Å². The van der Waals surface area contributed by atoms with E-state index in [4.69, 9.17) is 9.72 Å². The van der Waals surface area contributed by atoms with Crippen LogP contribution in [0.15, 0.2) is 36.4 Å². The summed E-state index contributed by atoms with van der Waals surface area (Å²) in [6.45, 7) is 6.59. The van der Waals surface area contributed by atoms with Crippen molar-refractivity contribution in [3.63, 3.8) is 0 Å². The van der Waals surface area contributed by atoms with Gasteiger partial charge in [-0.1, -0.05) is 30.4 Å². The number of carbonyl (C=O) groups excluding carboxylic acids is 4. The van der Waals surface area contributed by atoms with Crippen molar-refractivity contribution in [3.8, 4) is 0 Å². The molecule has 0 spiro atoms. The number of fused-ring (bicyclic) bond motifs is 4. The summed E-state index contributed by atoms with van der Waals surface area (Å²) in [6.07, 6.45) is -1.52. The molecule has 3 amide bonds. The Morgan fingerprint density at radius 2 is 1.76 bits per heavy atom.